The van der Waals surface area contributed by atoms with Crippen LogP contribution >= 0.6 is 11.6 Å². The molecule has 4 aliphatic rings. The molecule has 1 atom stereocenters. The van der Waals surface area contributed by atoms with Crippen molar-refractivity contribution in [3.05, 3.63) is 70.0 Å². The molecular formula is C41H56ClN5O2. The van der Waals surface area contributed by atoms with Crippen LogP contribution in [0.15, 0.2) is 53.3 Å². The molecule has 3 N–H and O–H groups in total. The lowest BCUT2D eigenvalue weighted by Crippen LogP contribution is -2.40. The number of allylic oxidation sites excluding steroid dienone is 1. The van der Waals surface area contributed by atoms with E-state index in [2.05, 4.69) is 54.1 Å². The lowest BCUT2D eigenvalue weighted by Gasteiger charge is -2.37. The van der Waals surface area contributed by atoms with Crippen molar-refractivity contribution in [3.8, 4) is 0 Å². The number of aliphatic imine (C=N–C) groups is 1. The maximum atomic E-state index is 12.3. The van der Waals surface area contributed by atoms with Gasteiger partial charge < -0.3 is 20.7 Å². The number of anilines is 2. The molecule has 0 radical (unpaired) electrons. The van der Waals surface area contributed by atoms with Crippen molar-refractivity contribution in [1.82, 2.24) is 10.2 Å². The Kier molecular flexibility index (Phi) is 10.9. The number of carbonyl (C=O) groups is 2. The first kappa shape index (κ1) is 35.7. The van der Waals surface area contributed by atoms with Crippen LogP contribution in [-0.2, 0) is 10.2 Å². The van der Waals surface area contributed by atoms with Crippen LogP contribution in [0.2, 0.25) is 5.02 Å². The fourth-order valence-corrected chi connectivity index (χ4v) is 9.39. The van der Waals surface area contributed by atoms with Gasteiger partial charge in [-0.2, -0.15) is 0 Å². The van der Waals surface area contributed by atoms with Crippen molar-refractivity contribution in [1.29, 1.82) is 0 Å². The number of hydrogen-bond acceptors (Lipinski definition) is 6. The molecule has 2 aliphatic carbocycles. The minimum Gasteiger partial charge on any atom is -0.401 e. The molecule has 2 aromatic carbocycles. The Bertz CT molecular complexity index is 1560. The third kappa shape index (κ3) is 7.21. The van der Waals surface area contributed by atoms with Gasteiger partial charge in [-0.05, 0) is 117 Å². The topological polar surface area (TPSA) is 91.0 Å². The summed E-state index contributed by atoms with van der Waals surface area (Å²) in [5.41, 5.74) is 12.4. The van der Waals surface area contributed by atoms with Crippen molar-refractivity contribution < 1.29 is 9.59 Å². The lowest BCUT2D eigenvalue weighted by atomic mass is 9.69. The van der Waals surface area contributed by atoms with Gasteiger partial charge in [0, 0.05) is 25.5 Å². The van der Waals surface area contributed by atoms with Crippen molar-refractivity contribution >= 4 is 41.4 Å². The fraction of sp³-hybridized carbons (Fsp3) is 0.585. The van der Waals surface area contributed by atoms with Crippen LogP contribution in [0.4, 0.5) is 11.4 Å². The van der Waals surface area contributed by atoms with E-state index < -0.39 is 0 Å². The number of benzene rings is 2. The van der Waals surface area contributed by atoms with Gasteiger partial charge in [-0.3, -0.25) is 14.7 Å². The Hall–Kier alpha value is -3.16. The highest BCUT2D eigenvalue weighted by Gasteiger charge is 2.50. The Morgan fingerprint density at radius 3 is 2.37 bits per heavy atom. The predicted octanol–water partition coefficient (Wildman–Crippen LogP) is 8.52. The summed E-state index contributed by atoms with van der Waals surface area (Å²) >= 11 is 6.58. The molecule has 2 aromatic rings. The summed E-state index contributed by atoms with van der Waals surface area (Å²) in [4.78, 5) is 33.7. The number of hydrogen-bond donors (Lipinski definition) is 2. The number of likely N-dealkylation sites (tertiary alicyclic amines) is 1. The zero-order valence-corrected chi connectivity index (χ0v) is 30.8. The Labute approximate surface area is 298 Å². The van der Waals surface area contributed by atoms with Crippen LogP contribution in [0.5, 0.6) is 0 Å². The van der Waals surface area contributed by atoms with Gasteiger partial charge in [0.15, 0.2) is 6.29 Å². The molecule has 2 heterocycles. The maximum absolute atomic E-state index is 12.3. The Balaban J connectivity index is 1.11. The number of halogens is 1. The Morgan fingerprint density at radius 1 is 1.02 bits per heavy atom. The van der Waals surface area contributed by atoms with Gasteiger partial charge in [-0.1, -0.05) is 69.8 Å². The van der Waals surface area contributed by atoms with Crippen LogP contribution in [0, 0.1) is 17.3 Å². The van der Waals surface area contributed by atoms with Gasteiger partial charge in [0.05, 0.1) is 33.4 Å². The second kappa shape index (κ2) is 15.0. The van der Waals surface area contributed by atoms with E-state index >= 15 is 0 Å². The molecular weight excluding hydrogens is 630 g/mol. The predicted molar refractivity (Wildman–Crippen MR) is 202 cm³/mol. The van der Waals surface area contributed by atoms with E-state index in [0.717, 1.165) is 81.4 Å². The third-order valence-corrected chi connectivity index (χ3v) is 12.4. The van der Waals surface area contributed by atoms with Crippen LogP contribution in [0.3, 0.4) is 0 Å². The Morgan fingerprint density at radius 2 is 1.73 bits per heavy atom. The van der Waals surface area contributed by atoms with Gasteiger partial charge in [0.25, 0.3) is 0 Å². The zero-order valence-electron chi connectivity index (χ0n) is 30.0. The molecule has 1 spiro atoms. The average Bonchev–Trinajstić information content (AvgIpc) is 3.36. The second-order valence-corrected chi connectivity index (χ2v) is 16.6. The molecule has 6 rings (SSSR count). The monoisotopic (exact) mass is 685 g/mol. The summed E-state index contributed by atoms with van der Waals surface area (Å²) in [6.07, 6.45) is 16.5. The van der Waals surface area contributed by atoms with Crippen LogP contribution < -0.4 is 16.0 Å². The molecule has 2 aliphatic heterocycles. The number of nitrogens with zero attached hydrogens (tertiary/aromatic N) is 3. The molecule has 3 fully saturated rings. The summed E-state index contributed by atoms with van der Waals surface area (Å²) in [6, 6.07) is 12.7. The van der Waals surface area contributed by atoms with Gasteiger partial charge in [-0.15, -0.1) is 0 Å². The number of fused-ring (bicyclic) bond motifs is 2. The highest BCUT2D eigenvalue weighted by Crippen LogP contribution is 2.54. The molecule has 7 nitrogen and oxygen atoms in total. The highest BCUT2D eigenvalue weighted by molar-refractivity contribution is 6.34. The summed E-state index contributed by atoms with van der Waals surface area (Å²) in [6.45, 7) is 9.59. The standard InChI is InChI=1S/C41H56ClN5O2/c1-40(2,3)38(27-49)45-24-35(43)30-13-11-28(12-14-30)25-46-21-17-29(18-22-46)31-15-16-33-37(23-31)47(36-10-8-9-34(42)32(36)26-48)39(44-4)41(33)19-6-5-7-20-41/h8-10,15-16,23-24,26-30,38,45H,5-7,11-14,17-22,25,43H2,1-4H3/b35-24-,44-39?. The van der Waals surface area contributed by atoms with Gasteiger partial charge >= 0.3 is 0 Å². The van der Waals surface area contributed by atoms with Crippen molar-refractivity contribution in [2.24, 2.45) is 28.0 Å². The second-order valence-electron chi connectivity index (χ2n) is 16.2. The van der Waals surface area contributed by atoms with E-state index in [1.165, 1.54) is 55.5 Å². The molecule has 1 unspecified atom stereocenters. The molecule has 2 saturated carbocycles. The van der Waals surface area contributed by atoms with E-state index in [0.29, 0.717) is 28.3 Å². The van der Waals surface area contributed by atoms with E-state index in [-0.39, 0.29) is 16.9 Å². The molecule has 49 heavy (non-hydrogen) atoms. The van der Waals surface area contributed by atoms with Crippen molar-refractivity contribution in [2.75, 3.05) is 31.6 Å². The summed E-state index contributed by atoms with van der Waals surface area (Å²) in [5, 5.41) is 3.74. The summed E-state index contributed by atoms with van der Waals surface area (Å²) in [7, 11) is 1.90. The van der Waals surface area contributed by atoms with Gasteiger partial charge in [0.2, 0.25) is 0 Å². The lowest BCUT2D eigenvalue weighted by molar-refractivity contribution is -0.111. The van der Waals surface area contributed by atoms with E-state index in [1.54, 1.807) is 6.07 Å². The van der Waals surface area contributed by atoms with E-state index in [9.17, 15) is 9.59 Å². The van der Waals surface area contributed by atoms with Crippen LogP contribution in [0.25, 0.3) is 0 Å². The molecule has 0 bridgehead atoms. The SMILES string of the molecule is CN=C1N(c2cccc(Cl)c2C=O)c2cc(C3CCN(CC4CCC(/C(N)=C/NC(C=O)C(C)(C)C)CC4)CC3)ccc2C12CCCCC2. The number of nitrogens with one attached hydrogen (secondary N) is 1. The smallest absolute Gasteiger partial charge is 0.153 e. The summed E-state index contributed by atoms with van der Waals surface area (Å²) in [5.74, 6) is 2.66. The van der Waals surface area contributed by atoms with Crippen LogP contribution in [-0.4, -0.2) is 56.0 Å². The molecule has 0 amide bonds. The van der Waals surface area contributed by atoms with Crippen LogP contribution in [0.1, 0.15) is 119 Å². The first-order valence-corrected chi connectivity index (χ1v) is 19.0. The maximum Gasteiger partial charge on any atom is 0.153 e. The minimum absolute atomic E-state index is 0.118. The molecule has 264 valence electrons. The number of aldehydes is 2. The third-order valence-electron chi connectivity index (χ3n) is 12.1. The fourth-order valence-electron chi connectivity index (χ4n) is 9.17. The molecule has 8 heteroatoms. The highest BCUT2D eigenvalue weighted by atomic mass is 35.5. The number of piperidine rings is 1. The minimum atomic E-state index is -0.240. The van der Waals surface area contributed by atoms with E-state index in [4.69, 9.17) is 22.3 Å². The molecule has 1 saturated heterocycles. The number of nitrogens with two attached hydrogens (primary N) is 1. The largest absolute Gasteiger partial charge is 0.401 e. The first-order valence-electron chi connectivity index (χ1n) is 18.6. The number of carbonyl (C=O) groups excluding carboxylic acids is 2. The molecule has 0 aromatic heterocycles. The number of amidine groups is 1. The van der Waals surface area contributed by atoms with E-state index in [1.807, 2.05) is 25.4 Å². The van der Waals surface area contributed by atoms with Crippen molar-refractivity contribution in [2.45, 2.75) is 109 Å². The average molecular weight is 686 g/mol. The number of rotatable bonds is 9. The quantitative estimate of drug-likeness (QED) is 0.257. The normalized spacial score (nSPS) is 25.0. The van der Waals surface area contributed by atoms with Crippen molar-refractivity contribution in [3.63, 3.8) is 0 Å². The summed E-state index contributed by atoms with van der Waals surface area (Å²) < 4.78 is 0. The van der Waals surface area contributed by atoms with Gasteiger partial charge in [-0.25, -0.2) is 0 Å². The zero-order chi connectivity index (χ0) is 34.8. The first-order chi connectivity index (χ1) is 23.6. The van der Waals surface area contributed by atoms with Gasteiger partial charge in [0.1, 0.15) is 12.1 Å².